The molecule has 1 aliphatic carbocycles. The molecule has 126 valence electrons. The highest BCUT2D eigenvalue weighted by Crippen LogP contribution is 2.32. The van der Waals surface area contributed by atoms with E-state index in [1.807, 2.05) is 25.1 Å². The molecule has 0 spiro atoms. The number of nitrogens with one attached hydrogen (secondary N) is 2. The maximum atomic E-state index is 12.2. The zero-order chi connectivity index (χ0) is 16.8. The molecule has 0 radical (unpaired) electrons. The molecule has 0 saturated heterocycles. The molecule has 2 amide bonds. The zero-order valence-corrected chi connectivity index (χ0v) is 14.1. The second kappa shape index (κ2) is 7.95. The minimum Gasteiger partial charge on any atom is -0.335 e. The number of rotatable bonds is 4. The normalized spacial score (nSPS) is 21.7. The van der Waals surface area contributed by atoms with Crippen molar-refractivity contribution < 1.29 is 4.79 Å². The summed E-state index contributed by atoms with van der Waals surface area (Å²) in [6.07, 6.45) is 6.07. The van der Waals surface area contributed by atoms with Gasteiger partial charge in [0.25, 0.3) is 0 Å². The van der Waals surface area contributed by atoms with Crippen LogP contribution in [0.3, 0.4) is 0 Å². The van der Waals surface area contributed by atoms with Crippen LogP contribution >= 0.6 is 0 Å². The Labute approximate surface area is 143 Å². The first-order chi connectivity index (χ1) is 11.7. The number of hydrogen-bond acceptors (Lipinski definition) is 2. The topological polar surface area (TPSA) is 54.0 Å². The summed E-state index contributed by atoms with van der Waals surface area (Å²) < 4.78 is 0. The van der Waals surface area contributed by atoms with Gasteiger partial charge in [0, 0.05) is 12.2 Å². The summed E-state index contributed by atoms with van der Waals surface area (Å²) in [6, 6.07) is 16.5. The number of benzene rings is 1. The molecule has 1 heterocycles. The second-order valence-corrected chi connectivity index (χ2v) is 6.55. The molecule has 1 unspecified atom stereocenters. The average Bonchev–Trinajstić information content (AvgIpc) is 2.64. The van der Waals surface area contributed by atoms with Crippen molar-refractivity contribution in [3.05, 3.63) is 66.0 Å². The van der Waals surface area contributed by atoms with Crippen LogP contribution in [0, 0.1) is 0 Å². The van der Waals surface area contributed by atoms with Crippen LogP contribution in [0.2, 0.25) is 0 Å². The second-order valence-electron chi connectivity index (χ2n) is 6.55. The minimum atomic E-state index is -0.101. The fourth-order valence-corrected chi connectivity index (χ4v) is 3.43. The summed E-state index contributed by atoms with van der Waals surface area (Å²) in [5.74, 6) is 0.625. The van der Waals surface area contributed by atoms with Crippen molar-refractivity contribution in [3.63, 3.8) is 0 Å². The van der Waals surface area contributed by atoms with Gasteiger partial charge in [-0.3, -0.25) is 4.98 Å². The smallest absolute Gasteiger partial charge is 0.315 e. The third-order valence-electron chi connectivity index (χ3n) is 4.81. The lowest BCUT2D eigenvalue weighted by atomic mass is 9.82. The molecule has 2 aromatic rings. The van der Waals surface area contributed by atoms with E-state index in [9.17, 15) is 4.79 Å². The van der Waals surface area contributed by atoms with Crippen molar-refractivity contribution in [3.8, 4) is 0 Å². The summed E-state index contributed by atoms with van der Waals surface area (Å²) in [4.78, 5) is 16.5. The number of carbonyl (C=O) groups excluding carboxylic acids is 1. The monoisotopic (exact) mass is 323 g/mol. The molecule has 2 N–H and O–H groups in total. The van der Waals surface area contributed by atoms with Gasteiger partial charge in [-0.1, -0.05) is 36.4 Å². The van der Waals surface area contributed by atoms with Crippen molar-refractivity contribution in [1.82, 2.24) is 15.6 Å². The van der Waals surface area contributed by atoms with Crippen molar-refractivity contribution >= 4 is 6.03 Å². The quantitative estimate of drug-likeness (QED) is 0.887. The van der Waals surface area contributed by atoms with E-state index in [1.54, 1.807) is 6.20 Å². The molecule has 1 aromatic heterocycles. The summed E-state index contributed by atoms with van der Waals surface area (Å²) in [5.41, 5.74) is 2.30. The Morgan fingerprint density at radius 2 is 1.75 bits per heavy atom. The summed E-state index contributed by atoms with van der Waals surface area (Å²) in [6.45, 7) is 1.95. The first-order valence-electron chi connectivity index (χ1n) is 8.75. The van der Waals surface area contributed by atoms with Gasteiger partial charge in [-0.2, -0.15) is 0 Å². The Kier molecular flexibility index (Phi) is 5.47. The Morgan fingerprint density at radius 3 is 2.42 bits per heavy atom. The van der Waals surface area contributed by atoms with E-state index in [1.165, 1.54) is 5.56 Å². The maximum absolute atomic E-state index is 12.2. The molecule has 1 fully saturated rings. The Balaban J connectivity index is 1.45. The van der Waals surface area contributed by atoms with Crippen LogP contribution in [0.4, 0.5) is 4.79 Å². The predicted molar refractivity (Wildman–Crippen MR) is 95.8 cm³/mol. The maximum Gasteiger partial charge on any atom is 0.315 e. The summed E-state index contributed by atoms with van der Waals surface area (Å²) in [5, 5.41) is 6.09. The van der Waals surface area contributed by atoms with E-state index in [4.69, 9.17) is 0 Å². The number of carbonyl (C=O) groups is 1. The third kappa shape index (κ3) is 4.34. The molecule has 0 aliphatic heterocycles. The fraction of sp³-hybridized carbons (Fsp3) is 0.400. The number of aromatic nitrogens is 1. The Morgan fingerprint density at radius 1 is 1.04 bits per heavy atom. The fourth-order valence-electron chi connectivity index (χ4n) is 3.43. The van der Waals surface area contributed by atoms with E-state index < -0.39 is 0 Å². The van der Waals surface area contributed by atoms with Gasteiger partial charge < -0.3 is 10.6 Å². The number of urea groups is 1. The molecule has 1 atom stereocenters. The van der Waals surface area contributed by atoms with Crippen molar-refractivity contribution in [1.29, 1.82) is 0 Å². The van der Waals surface area contributed by atoms with Crippen molar-refractivity contribution in [2.75, 3.05) is 0 Å². The molecule has 24 heavy (non-hydrogen) atoms. The van der Waals surface area contributed by atoms with E-state index in [2.05, 4.69) is 45.9 Å². The van der Waals surface area contributed by atoms with Gasteiger partial charge in [-0.25, -0.2) is 4.79 Å². The zero-order valence-electron chi connectivity index (χ0n) is 14.1. The molecule has 4 heteroatoms. The third-order valence-corrected chi connectivity index (χ3v) is 4.81. The molecule has 1 aliphatic rings. The van der Waals surface area contributed by atoms with Gasteiger partial charge in [-0.05, 0) is 56.2 Å². The highest BCUT2D eigenvalue weighted by molar-refractivity contribution is 5.74. The lowest BCUT2D eigenvalue weighted by Gasteiger charge is -2.29. The van der Waals surface area contributed by atoms with E-state index in [0.29, 0.717) is 5.92 Å². The molecule has 3 rings (SSSR count). The van der Waals surface area contributed by atoms with E-state index >= 15 is 0 Å². The molecule has 1 saturated carbocycles. The number of pyridine rings is 1. The standard InChI is InChI=1S/C20H25N3O/c1-15(19-9-5-6-14-21-19)22-20(24)23-18-12-10-17(11-13-18)16-7-3-2-4-8-16/h2-9,14-15,17-18H,10-13H2,1H3,(H2,22,23,24). The van der Waals surface area contributed by atoms with Crippen LogP contribution in [0.15, 0.2) is 54.7 Å². The molecular formula is C20H25N3O. The summed E-state index contributed by atoms with van der Waals surface area (Å²) >= 11 is 0. The van der Waals surface area contributed by atoms with Gasteiger partial charge in [-0.15, -0.1) is 0 Å². The van der Waals surface area contributed by atoms with Crippen LogP contribution < -0.4 is 10.6 Å². The van der Waals surface area contributed by atoms with Crippen molar-refractivity contribution in [2.24, 2.45) is 0 Å². The first kappa shape index (κ1) is 16.5. The summed E-state index contributed by atoms with van der Waals surface area (Å²) in [7, 11) is 0. The minimum absolute atomic E-state index is 0.0909. The SMILES string of the molecule is CC(NC(=O)NC1CCC(c2ccccc2)CC1)c1ccccn1. The number of hydrogen-bond donors (Lipinski definition) is 2. The van der Waals surface area contributed by atoms with Crippen LogP contribution in [-0.2, 0) is 0 Å². The van der Waals surface area contributed by atoms with Gasteiger partial charge in [0.05, 0.1) is 11.7 Å². The predicted octanol–water partition coefficient (Wildman–Crippen LogP) is 4.17. The van der Waals surface area contributed by atoms with Crippen LogP contribution in [0.5, 0.6) is 0 Å². The molecule has 1 aromatic carbocycles. The largest absolute Gasteiger partial charge is 0.335 e. The Hall–Kier alpha value is -2.36. The average molecular weight is 323 g/mol. The van der Waals surface area contributed by atoms with Gasteiger partial charge >= 0.3 is 6.03 Å². The van der Waals surface area contributed by atoms with Gasteiger partial charge in [0.15, 0.2) is 0 Å². The van der Waals surface area contributed by atoms with Gasteiger partial charge in [0.2, 0.25) is 0 Å². The van der Waals surface area contributed by atoms with Crippen molar-refractivity contribution in [2.45, 2.75) is 50.6 Å². The van der Waals surface area contributed by atoms with Crippen LogP contribution in [0.1, 0.15) is 55.8 Å². The highest BCUT2D eigenvalue weighted by Gasteiger charge is 2.23. The van der Waals surface area contributed by atoms with Gasteiger partial charge in [0.1, 0.15) is 0 Å². The van der Waals surface area contributed by atoms with Crippen LogP contribution in [-0.4, -0.2) is 17.1 Å². The molecule has 0 bridgehead atoms. The first-order valence-corrected chi connectivity index (χ1v) is 8.75. The van der Waals surface area contributed by atoms with E-state index in [0.717, 1.165) is 31.4 Å². The van der Waals surface area contributed by atoms with Crippen LogP contribution in [0.25, 0.3) is 0 Å². The highest BCUT2D eigenvalue weighted by atomic mass is 16.2. The lowest BCUT2D eigenvalue weighted by molar-refractivity contribution is 0.228. The number of nitrogens with zero attached hydrogens (tertiary/aromatic N) is 1. The lowest BCUT2D eigenvalue weighted by Crippen LogP contribution is -2.44. The molecular weight excluding hydrogens is 298 g/mol. The Bertz CT molecular complexity index is 636. The van der Waals surface area contributed by atoms with E-state index in [-0.39, 0.29) is 18.1 Å². The number of amides is 2. The molecule has 4 nitrogen and oxygen atoms in total.